The maximum atomic E-state index is 11.6. The Balaban J connectivity index is 1.99. The molecule has 2 rings (SSSR count). The van der Waals surface area contributed by atoms with Gasteiger partial charge in [-0.1, -0.05) is 17.9 Å². The molecule has 7 nitrogen and oxygen atoms in total. The molecule has 1 aliphatic rings. The number of carbonyl (C=O) groups excluding carboxylic acids is 1. The summed E-state index contributed by atoms with van der Waals surface area (Å²) in [5.74, 6) is -0.618. The Morgan fingerprint density at radius 1 is 1.56 bits per heavy atom. The molecule has 1 aromatic rings. The number of aromatic nitrogens is 2. The normalized spacial score (nSPS) is 16.2. The van der Waals surface area contributed by atoms with Crippen LogP contribution in [0.1, 0.15) is 36.2 Å². The Bertz CT molecular complexity index is 409. The Labute approximate surface area is 91.4 Å². The summed E-state index contributed by atoms with van der Waals surface area (Å²) >= 11 is 0. The van der Waals surface area contributed by atoms with Gasteiger partial charge in [-0.05, 0) is 17.8 Å². The molecule has 2 N–H and O–H groups in total. The lowest BCUT2D eigenvalue weighted by atomic mass is 10.2. The summed E-state index contributed by atoms with van der Waals surface area (Å²) in [6, 6.07) is 1.33. The van der Waals surface area contributed by atoms with Crippen LogP contribution in [0.15, 0.2) is 6.07 Å². The second-order valence-corrected chi connectivity index (χ2v) is 3.85. The van der Waals surface area contributed by atoms with Crippen LogP contribution in [-0.4, -0.2) is 27.1 Å². The first-order valence-corrected chi connectivity index (χ1v) is 5.17. The Kier molecular flexibility index (Phi) is 2.84. The van der Waals surface area contributed by atoms with Crippen molar-refractivity contribution in [1.82, 2.24) is 15.5 Å². The van der Waals surface area contributed by atoms with Gasteiger partial charge in [-0.3, -0.25) is 4.79 Å². The number of nitrogens with zero attached hydrogens (tertiary/aromatic N) is 2. The summed E-state index contributed by atoms with van der Waals surface area (Å²) < 4.78 is 0. The third-order valence-electron chi connectivity index (χ3n) is 2.68. The molecule has 7 heteroatoms. The summed E-state index contributed by atoms with van der Waals surface area (Å²) in [5, 5.41) is 19.0. The fraction of sp³-hybridized carbons (Fsp3) is 0.556. The molecule has 1 saturated carbocycles. The molecule has 0 aliphatic heterocycles. The number of H-pyrrole nitrogens is 1. The topological polar surface area (TPSA) is 101 Å². The number of rotatable bonds is 3. The molecule has 86 valence electrons. The lowest BCUT2D eigenvalue weighted by Gasteiger charge is -2.09. The molecular formula is C9H12N4O3. The second-order valence-electron chi connectivity index (χ2n) is 3.85. The smallest absolute Gasteiger partial charge is 0.343 e. The summed E-state index contributed by atoms with van der Waals surface area (Å²) in [6.07, 6.45) is 4.17. The lowest BCUT2D eigenvalue weighted by Crippen LogP contribution is -2.32. The predicted molar refractivity (Wildman–Crippen MR) is 55.0 cm³/mol. The van der Waals surface area contributed by atoms with Crippen molar-refractivity contribution in [3.05, 3.63) is 21.9 Å². The van der Waals surface area contributed by atoms with Gasteiger partial charge in [0, 0.05) is 6.04 Å². The number of hydrogen-bond acceptors (Lipinski definition) is 4. The summed E-state index contributed by atoms with van der Waals surface area (Å²) in [7, 11) is 0. The van der Waals surface area contributed by atoms with E-state index in [0.717, 1.165) is 31.7 Å². The van der Waals surface area contributed by atoms with E-state index in [1.165, 1.54) is 0 Å². The monoisotopic (exact) mass is 224 g/mol. The SMILES string of the molecule is O=C(NC1CCCC1)c1cc([N+](=O)[O-])[nH]n1. The van der Waals surface area contributed by atoms with E-state index in [9.17, 15) is 14.9 Å². The first-order valence-electron chi connectivity index (χ1n) is 5.17. The average molecular weight is 224 g/mol. The third-order valence-corrected chi connectivity index (χ3v) is 2.68. The van der Waals surface area contributed by atoms with Gasteiger partial charge in [-0.2, -0.15) is 0 Å². The molecule has 0 saturated heterocycles. The van der Waals surface area contributed by atoms with Gasteiger partial charge in [0.15, 0.2) is 5.69 Å². The van der Waals surface area contributed by atoms with E-state index in [0.29, 0.717) is 0 Å². The van der Waals surface area contributed by atoms with Crippen LogP contribution in [0.25, 0.3) is 0 Å². The van der Waals surface area contributed by atoms with Crippen molar-refractivity contribution in [2.75, 3.05) is 0 Å². The van der Waals surface area contributed by atoms with Crippen LogP contribution in [0.5, 0.6) is 0 Å². The van der Waals surface area contributed by atoms with Crippen LogP contribution >= 0.6 is 0 Å². The molecule has 1 amide bonds. The highest BCUT2D eigenvalue weighted by Gasteiger charge is 2.21. The average Bonchev–Trinajstić information content (AvgIpc) is 2.86. The zero-order valence-electron chi connectivity index (χ0n) is 8.60. The van der Waals surface area contributed by atoms with E-state index in [2.05, 4.69) is 15.5 Å². The van der Waals surface area contributed by atoms with E-state index in [-0.39, 0.29) is 23.5 Å². The number of nitro groups is 1. The van der Waals surface area contributed by atoms with Gasteiger partial charge in [-0.15, -0.1) is 5.10 Å². The summed E-state index contributed by atoms with van der Waals surface area (Å²) in [5.41, 5.74) is 0.0681. The van der Waals surface area contributed by atoms with E-state index < -0.39 is 4.92 Å². The Morgan fingerprint density at radius 3 is 2.81 bits per heavy atom. The number of nitrogens with one attached hydrogen (secondary N) is 2. The molecule has 16 heavy (non-hydrogen) atoms. The van der Waals surface area contributed by atoms with Gasteiger partial charge >= 0.3 is 5.82 Å². The van der Waals surface area contributed by atoms with Crippen molar-refractivity contribution in [2.24, 2.45) is 0 Å². The zero-order valence-corrected chi connectivity index (χ0v) is 8.60. The molecular weight excluding hydrogens is 212 g/mol. The van der Waals surface area contributed by atoms with E-state index in [1.54, 1.807) is 0 Å². The minimum Gasteiger partial charge on any atom is -0.358 e. The van der Waals surface area contributed by atoms with Gasteiger partial charge in [0.25, 0.3) is 5.91 Å². The molecule has 1 aliphatic carbocycles. The fourth-order valence-electron chi connectivity index (χ4n) is 1.85. The van der Waals surface area contributed by atoms with Crippen molar-refractivity contribution >= 4 is 11.7 Å². The van der Waals surface area contributed by atoms with Crippen LogP contribution < -0.4 is 5.32 Å². The fourth-order valence-corrected chi connectivity index (χ4v) is 1.85. The Morgan fingerprint density at radius 2 is 2.25 bits per heavy atom. The molecule has 0 unspecified atom stereocenters. The van der Waals surface area contributed by atoms with Crippen LogP contribution in [-0.2, 0) is 0 Å². The number of amides is 1. The molecule has 0 aromatic carbocycles. The Hall–Kier alpha value is -1.92. The standard InChI is InChI=1S/C9H12N4O3/c14-9(10-6-3-1-2-4-6)7-5-8(12-11-7)13(15)16/h5-6H,1-4H2,(H,10,14)(H,11,12). The molecule has 0 atom stereocenters. The maximum Gasteiger partial charge on any atom is 0.343 e. The minimum absolute atomic E-state index is 0.0681. The van der Waals surface area contributed by atoms with E-state index in [4.69, 9.17) is 0 Å². The van der Waals surface area contributed by atoms with Crippen molar-refractivity contribution in [3.63, 3.8) is 0 Å². The first-order chi connectivity index (χ1) is 7.66. The van der Waals surface area contributed by atoms with Gasteiger partial charge in [0.1, 0.15) is 0 Å². The van der Waals surface area contributed by atoms with Crippen LogP contribution in [0.4, 0.5) is 5.82 Å². The van der Waals surface area contributed by atoms with E-state index >= 15 is 0 Å². The maximum absolute atomic E-state index is 11.6. The van der Waals surface area contributed by atoms with Crippen molar-refractivity contribution in [1.29, 1.82) is 0 Å². The van der Waals surface area contributed by atoms with Gasteiger partial charge < -0.3 is 15.4 Å². The highest BCUT2D eigenvalue weighted by molar-refractivity contribution is 5.92. The number of hydrogen-bond donors (Lipinski definition) is 2. The lowest BCUT2D eigenvalue weighted by molar-refractivity contribution is -0.389. The predicted octanol–water partition coefficient (Wildman–Crippen LogP) is 0.990. The minimum atomic E-state index is -0.612. The van der Waals surface area contributed by atoms with Crippen molar-refractivity contribution < 1.29 is 9.72 Å². The largest absolute Gasteiger partial charge is 0.358 e. The second kappa shape index (κ2) is 4.30. The highest BCUT2D eigenvalue weighted by Crippen LogP contribution is 2.18. The highest BCUT2D eigenvalue weighted by atomic mass is 16.6. The first kappa shape index (κ1) is 10.6. The van der Waals surface area contributed by atoms with Crippen molar-refractivity contribution in [3.8, 4) is 0 Å². The van der Waals surface area contributed by atoms with Crippen LogP contribution in [0, 0.1) is 10.1 Å². The van der Waals surface area contributed by atoms with Gasteiger partial charge in [-0.25, -0.2) is 0 Å². The van der Waals surface area contributed by atoms with Crippen LogP contribution in [0.3, 0.4) is 0 Å². The van der Waals surface area contributed by atoms with Gasteiger partial charge in [0.05, 0.1) is 6.07 Å². The van der Waals surface area contributed by atoms with Crippen LogP contribution in [0.2, 0.25) is 0 Å². The molecule has 1 heterocycles. The van der Waals surface area contributed by atoms with Gasteiger partial charge in [0.2, 0.25) is 0 Å². The third kappa shape index (κ3) is 2.18. The quantitative estimate of drug-likeness (QED) is 0.590. The molecule has 0 radical (unpaired) electrons. The molecule has 0 spiro atoms. The summed E-state index contributed by atoms with van der Waals surface area (Å²) in [6.45, 7) is 0. The van der Waals surface area contributed by atoms with Crippen molar-refractivity contribution in [2.45, 2.75) is 31.7 Å². The number of aromatic amines is 1. The summed E-state index contributed by atoms with van der Waals surface area (Å²) in [4.78, 5) is 21.4. The molecule has 1 fully saturated rings. The van der Waals surface area contributed by atoms with E-state index in [1.807, 2.05) is 0 Å². The molecule has 0 bridgehead atoms. The molecule has 1 aromatic heterocycles. The zero-order chi connectivity index (χ0) is 11.5. The number of carbonyl (C=O) groups is 1.